The maximum Gasteiger partial charge on any atom is 0.326 e. The number of amides is 2. The summed E-state index contributed by atoms with van der Waals surface area (Å²) in [6.07, 6.45) is 1.25. The first kappa shape index (κ1) is 25.8. The number of benzene rings is 3. The van der Waals surface area contributed by atoms with Gasteiger partial charge in [0.25, 0.3) is 11.1 Å². The summed E-state index contributed by atoms with van der Waals surface area (Å²) in [5.74, 6) is -0.188. The summed E-state index contributed by atoms with van der Waals surface area (Å²) >= 11 is 4.30. The van der Waals surface area contributed by atoms with Gasteiger partial charge < -0.3 is 14.2 Å². The van der Waals surface area contributed by atoms with Crippen LogP contribution in [0.4, 0.5) is 4.79 Å². The number of ether oxygens (including phenoxy) is 3. The van der Waals surface area contributed by atoms with Gasteiger partial charge in [0, 0.05) is 0 Å². The molecule has 9 heteroatoms. The molecular weight excluding hydrogens is 546 g/mol. The smallest absolute Gasteiger partial charge is 0.326 e. The largest absolute Gasteiger partial charge is 0.493 e. The molecule has 0 bridgehead atoms. The maximum absolute atomic E-state index is 12.7. The molecule has 0 aromatic heterocycles. The molecule has 0 spiro atoms. The highest BCUT2D eigenvalue weighted by Gasteiger charge is 2.36. The van der Waals surface area contributed by atoms with Crippen LogP contribution in [-0.4, -0.2) is 41.8 Å². The van der Waals surface area contributed by atoms with Crippen molar-refractivity contribution in [2.24, 2.45) is 0 Å². The second-order valence-corrected chi connectivity index (χ2v) is 10.2. The van der Waals surface area contributed by atoms with E-state index in [1.807, 2.05) is 18.2 Å². The number of halogens is 1. The second kappa shape index (κ2) is 11.2. The van der Waals surface area contributed by atoms with Crippen LogP contribution in [0.1, 0.15) is 25.0 Å². The molecule has 1 heterocycles. The number of thioether (sulfide) groups is 1. The van der Waals surface area contributed by atoms with Gasteiger partial charge in [-0.3, -0.25) is 19.3 Å². The number of rotatable bonds is 8. The van der Waals surface area contributed by atoms with Crippen molar-refractivity contribution in [2.45, 2.75) is 26.6 Å². The molecule has 0 atom stereocenters. The van der Waals surface area contributed by atoms with Gasteiger partial charge >= 0.3 is 5.97 Å². The first-order valence-corrected chi connectivity index (χ1v) is 12.8. The van der Waals surface area contributed by atoms with Crippen LogP contribution < -0.4 is 9.47 Å². The SMILES string of the molecule is COc1cc(/C=C2/SC(=O)N(CC(=O)OC(C)C)C2=O)cc(Br)c1OCc1ccc2ccccc2c1. The van der Waals surface area contributed by atoms with E-state index in [2.05, 4.69) is 40.2 Å². The van der Waals surface area contributed by atoms with Gasteiger partial charge in [0.2, 0.25) is 0 Å². The van der Waals surface area contributed by atoms with Crippen molar-refractivity contribution >= 4 is 61.7 Å². The highest BCUT2D eigenvalue weighted by Crippen LogP contribution is 2.39. The minimum absolute atomic E-state index is 0.205. The van der Waals surface area contributed by atoms with Crippen LogP contribution in [0.25, 0.3) is 16.8 Å². The Morgan fingerprint density at radius 3 is 2.56 bits per heavy atom. The van der Waals surface area contributed by atoms with Gasteiger partial charge in [0.15, 0.2) is 11.5 Å². The van der Waals surface area contributed by atoms with Crippen molar-refractivity contribution < 1.29 is 28.6 Å². The third kappa shape index (κ3) is 5.91. The minimum atomic E-state index is -0.633. The van der Waals surface area contributed by atoms with E-state index in [0.717, 1.165) is 33.0 Å². The van der Waals surface area contributed by atoms with Crippen LogP contribution >= 0.6 is 27.7 Å². The highest BCUT2D eigenvalue weighted by molar-refractivity contribution is 9.10. The van der Waals surface area contributed by atoms with E-state index in [0.29, 0.717) is 28.1 Å². The molecule has 0 N–H and O–H groups in total. The van der Waals surface area contributed by atoms with E-state index in [1.54, 1.807) is 32.1 Å². The van der Waals surface area contributed by atoms with Gasteiger partial charge in [0.05, 0.1) is 22.6 Å². The van der Waals surface area contributed by atoms with Crippen molar-refractivity contribution in [3.8, 4) is 11.5 Å². The summed E-state index contributed by atoms with van der Waals surface area (Å²) in [6, 6.07) is 17.8. The molecule has 1 aliphatic heterocycles. The lowest BCUT2D eigenvalue weighted by atomic mass is 10.1. The van der Waals surface area contributed by atoms with Gasteiger partial charge in [-0.25, -0.2) is 0 Å². The van der Waals surface area contributed by atoms with Crippen LogP contribution in [0.3, 0.4) is 0 Å². The van der Waals surface area contributed by atoms with Crippen molar-refractivity contribution in [3.63, 3.8) is 0 Å². The van der Waals surface area contributed by atoms with Gasteiger partial charge in [-0.15, -0.1) is 0 Å². The normalized spacial score (nSPS) is 14.7. The molecule has 3 aromatic carbocycles. The van der Waals surface area contributed by atoms with Crippen molar-refractivity contribution in [2.75, 3.05) is 13.7 Å². The first-order valence-electron chi connectivity index (χ1n) is 11.2. The zero-order valence-electron chi connectivity index (χ0n) is 19.9. The van der Waals surface area contributed by atoms with E-state index in [4.69, 9.17) is 14.2 Å². The summed E-state index contributed by atoms with van der Waals surface area (Å²) in [5.41, 5.74) is 1.64. The van der Waals surface area contributed by atoms with Crippen molar-refractivity contribution in [1.29, 1.82) is 0 Å². The maximum atomic E-state index is 12.7. The molecule has 0 saturated carbocycles. The van der Waals surface area contributed by atoms with Gasteiger partial charge in [-0.05, 0) is 87.7 Å². The Labute approximate surface area is 221 Å². The Bertz CT molecular complexity index is 1370. The number of carbonyl (C=O) groups is 3. The summed E-state index contributed by atoms with van der Waals surface area (Å²) in [6.45, 7) is 3.32. The van der Waals surface area contributed by atoms with Crippen molar-refractivity contribution in [1.82, 2.24) is 4.90 Å². The van der Waals surface area contributed by atoms with Crippen LogP contribution in [-0.2, 0) is 20.9 Å². The van der Waals surface area contributed by atoms with Gasteiger partial charge in [-0.1, -0.05) is 36.4 Å². The zero-order valence-corrected chi connectivity index (χ0v) is 22.4. The number of fused-ring (bicyclic) bond motifs is 1. The molecule has 1 fully saturated rings. The number of imide groups is 1. The molecule has 0 radical (unpaired) electrons. The molecule has 36 heavy (non-hydrogen) atoms. The highest BCUT2D eigenvalue weighted by atomic mass is 79.9. The van der Waals surface area contributed by atoms with Crippen LogP contribution in [0.15, 0.2) is 64.0 Å². The topological polar surface area (TPSA) is 82.1 Å². The molecule has 0 unspecified atom stereocenters. The predicted molar refractivity (Wildman–Crippen MR) is 143 cm³/mol. The van der Waals surface area contributed by atoms with Gasteiger partial charge in [0.1, 0.15) is 13.2 Å². The number of methoxy groups -OCH3 is 1. The quantitative estimate of drug-likeness (QED) is 0.236. The van der Waals surface area contributed by atoms with Crippen LogP contribution in [0.5, 0.6) is 11.5 Å². The first-order chi connectivity index (χ1) is 17.2. The Hall–Kier alpha value is -3.30. The van der Waals surface area contributed by atoms with E-state index < -0.39 is 23.7 Å². The fraction of sp³-hybridized carbons (Fsp3) is 0.222. The van der Waals surface area contributed by atoms with Crippen molar-refractivity contribution in [3.05, 3.63) is 75.1 Å². The lowest BCUT2D eigenvalue weighted by Gasteiger charge is -2.14. The number of esters is 1. The molecule has 1 saturated heterocycles. The summed E-state index contributed by atoms with van der Waals surface area (Å²) in [4.78, 5) is 38.1. The average molecular weight is 570 g/mol. The standard InChI is InChI=1S/C27H24BrNO6S/c1-16(2)35-24(30)14-29-26(31)23(36-27(29)32)13-18-11-21(28)25(22(12-18)33-3)34-15-17-8-9-19-6-4-5-7-20(19)10-17/h4-13,16H,14-15H2,1-3H3/b23-13+. The van der Waals surface area contributed by atoms with Gasteiger partial charge in [-0.2, -0.15) is 0 Å². The Morgan fingerprint density at radius 1 is 1.08 bits per heavy atom. The number of hydrogen-bond acceptors (Lipinski definition) is 7. The molecule has 2 amide bonds. The second-order valence-electron chi connectivity index (χ2n) is 8.31. The lowest BCUT2D eigenvalue weighted by Crippen LogP contribution is -2.35. The zero-order chi connectivity index (χ0) is 25.8. The summed E-state index contributed by atoms with van der Waals surface area (Å²) in [5, 5.41) is 1.77. The Kier molecular flexibility index (Phi) is 8.01. The van der Waals surface area contributed by atoms with E-state index in [-0.39, 0.29) is 11.0 Å². The van der Waals surface area contributed by atoms with E-state index >= 15 is 0 Å². The molecule has 186 valence electrons. The number of hydrogen-bond donors (Lipinski definition) is 0. The summed E-state index contributed by atoms with van der Waals surface area (Å²) in [7, 11) is 1.53. The van der Waals surface area contributed by atoms with E-state index in [9.17, 15) is 14.4 Å². The molecule has 7 nitrogen and oxygen atoms in total. The monoisotopic (exact) mass is 569 g/mol. The third-order valence-corrected chi connectivity index (χ3v) is 6.77. The predicted octanol–water partition coefficient (Wildman–Crippen LogP) is 6.18. The summed E-state index contributed by atoms with van der Waals surface area (Å²) < 4.78 is 17.3. The molecule has 4 rings (SSSR count). The molecule has 0 aliphatic carbocycles. The number of nitrogens with zero attached hydrogens (tertiary/aromatic N) is 1. The fourth-order valence-corrected chi connectivity index (χ4v) is 5.08. The minimum Gasteiger partial charge on any atom is -0.493 e. The van der Waals surface area contributed by atoms with Crippen LogP contribution in [0.2, 0.25) is 0 Å². The van der Waals surface area contributed by atoms with Crippen LogP contribution in [0, 0.1) is 0 Å². The fourth-order valence-electron chi connectivity index (χ4n) is 3.66. The molecule has 1 aliphatic rings. The van der Waals surface area contributed by atoms with E-state index in [1.165, 1.54) is 7.11 Å². The average Bonchev–Trinajstić information content (AvgIpc) is 3.09. The molecular formula is C27H24BrNO6S. The third-order valence-electron chi connectivity index (χ3n) is 5.27. The number of carbonyl (C=O) groups excluding carboxylic acids is 3. The Balaban J connectivity index is 1.51. The lowest BCUT2D eigenvalue weighted by molar-refractivity contribution is -0.149. The molecule has 3 aromatic rings. The Morgan fingerprint density at radius 2 is 1.83 bits per heavy atom.